The topological polar surface area (TPSA) is 277 Å². The van der Waals surface area contributed by atoms with Crippen LogP contribution in [-0.2, 0) is 14.2 Å². The summed E-state index contributed by atoms with van der Waals surface area (Å²) in [5.74, 6) is -4.01. The van der Waals surface area contributed by atoms with Crippen LogP contribution in [0.2, 0.25) is 0 Å². The molecule has 2 aromatic carbocycles. The number of phenolic OH excluding ortho intramolecular Hbond substituents is 3. The van der Waals surface area contributed by atoms with Gasteiger partial charge in [-0.3, -0.25) is 4.79 Å². The summed E-state index contributed by atoms with van der Waals surface area (Å²) in [5.41, 5.74) is -1.53. The van der Waals surface area contributed by atoms with Crippen LogP contribution >= 0.6 is 0 Å². The van der Waals surface area contributed by atoms with Crippen LogP contribution in [0.25, 0.3) is 22.3 Å². The van der Waals surface area contributed by atoms with Crippen molar-refractivity contribution in [3.63, 3.8) is 0 Å². The standard InChI is InChI=1S/C29H34O18/c1-40-12-6-9(4-5-10(12)31)22-27(18(36)14-17(35)24(41-2)20(38)26(42-3)23(14)45-22)47-29-21(39)25(16(34)13(7-30)44-29)46-28-19(37)15(33)11(32)8-43-28/h4-6,11,13,15-16,19,21,25,28-35,37-39H,7-8H2,1-3H3/t11-,13?,15?,16-,19+,21?,25?,28-,29-/m0/s1. The van der Waals surface area contributed by atoms with Crippen LogP contribution in [0.3, 0.4) is 0 Å². The fourth-order valence-electron chi connectivity index (χ4n) is 5.31. The molecule has 2 fully saturated rings. The minimum atomic E-state index is -2.00. The van der Waals surface area contributed by atoms with Crippen molar-refractivity contribution in [2.45, 2.75) is 55.3 Å². The van der Waals surface area contributed by atoms with Crippen molar-refractivity contribution in [1.82, 2.24) is 0 Å². The van der Waals surface area contributed by atoms with Gasteiger partial charge >= 0.3 is 0 Å². The maximum absolute atomic E-state index is 14.1. The largest absolute Gasteiger partial charge is 0.504 e. The normalized spacial score (nSPS) is 29.4. The summed E-state index contributed by atoms with van der Waals surface area (Å²) in [6.45, 7) is -1.32. The lowest BCUT2D eigenvalue weighted by molar-refractivity contribution is -0.339. The Bertz CT molecular complexity index is 1660. The number of aromatic hydroxyl groups is 3. The van der Waals surface area contributed by atoms with Crippen molar-refractivity contribution in [2.75, 3.05) is 34.5 Å². The van der Waals surface area contributed by atoms with Gasteiger partial charge < -0.3 is 83.5 Å². The maximum atomic E-state index is 14.1. The zero-order chi connectivity index (χ0) is 34.3. The van der Waals surface area contributed by atoms with Crippen LogP contribution in [0.5, 0.6) is 40.2 Å². The summed E-state index contributed by atoms with van der Waals surface area (Å²) in [6, 6.07) is 3.77. The molecule has 47 heavy (non-hydrogen) atoms. The Morgan fingerprint density at radius 3 is 2.17 bits per heavy atom. The van der Waals surface area contributed by atoms with Gasteiger partial charge in [-0.2, -0.15) is 0 Å². The molecule has 9 atom stereocenters. The number of aliphatic hydroxyl groups is 6. The summed E-state index contributed by atoms with van der Waals surface area (Å²) in [5, 5.41) is 93.4. The van der Waals surface area contributed by atoms with E-state index in [1.165, 1.54) is 25.3 Å². The van der Waals surface area contributed by atoms with Gasteiger partial charge in [-0.15, -0.1) is 0 Å². The molecule has 258 valence electrons. The molecule has 1 aromatic heterocycles. The maximum Gasteiger partial charge on any atom is 0.239 e. The molecule has 0 spiro atoms. The van der Waals surface area contributed by atoms with Crippen molar-refractivity contribution < 1.29 is 83.5 Å². The molecule has 18 nitrogen and oxygen atoms in total. The highest BCUT2D eigenvalue weighted by Crippen LogP contribution is 2.51. The van der Waals surface area contributed by atoms with Crippen LogP contribution in [-0.4, -0.2) is 136 Å². The predicted molar refractivity (Wildman–Crippen MR) is 154 cm³/mol. The SMILES string of the molecule is COc1cc(-c2oc3c(OC)c(O)c(OC)c(O)c3c(=O)c2O[C@@H]2OC(CO)[C@H](O)C(O[C@@H]3OC[C@H](O)C(O)[C@H]3O)C2O)ccc1O. The van der Waals surface area contributed by atoms with Crippen LogP contribution in [0, 0.1) is 0 Å². The second kappa shape index (κ2) is 13.6. The summed E-state index contributed by atoms with van der Waals surface area (Å²) in [7, 11) is 3.52. The third kappa shape index (κ3) is 5.94. The quantitative estimate of drug-likeness (QED) is 0.122. The van der Waals surface area contributed by atoms with Crippen molar-refractivity contribution in [3.8, 4) is 51.6 Å². The van der Waals surface area contributed by atoms with E-state index in [1.54, 1.807) is 0 Å². The molecule has 18 heteroatoms. The van der Waals surface area contributed by atoms with E-state index in [9.17, 15) is 50.8 Å². The number of hydrogen-bond donors (Lipinski definition) is 9. The molecule has 0 aliphatic carbocycles. The number of benzene rings is 2. The molecule has 0 saturated carbocycles. The van der Waals surface area contributed by atoms with E-state index in [2.05, 4.69) is 0 Å². The minimum Gasteiger partial charge on any atom is -0.504 e. The van der Waals surface area contributed by atoms with E-state index >= 15 is 0 Å². The monoisotopic (exact) mass is 670 g/mol. The van der Waals surface area contributed by atoms with E-state index in [4.69, 9.17) is 37.6 Å². The molecule has 3 heterocycles. The van der Waals surface area contributed by atoms with Crippen LogP contribution in [0.4, 0.5) is 0 Å². The number of aliphatic hydroxyl groups excluding tert-OH is 6. The Morgan fingerprint density at radius 2 is 1.53 bits per heavy atom. The van der Waals surface area contributed by atoms with Crippen LogP contribution in [0.15, 0.2) is 27.4 Å². The number of fused-ring (bicyclic) bond motifs is 1. The Hall–Kier alpha value is -4.11. The minimum absolute atomic E-state index is 0.0358. The molecule has 2 saturated heterocycles. The van der Waals surface area contributed by atoms with Gasteiger partial charge in [0.15, 0.2) is 34.9 Å². The average molecular weight is 671 g/mol. The van der Waals surface area contributed by atoms with E-state index in [1.807, 2.05) is 0 Å². The Labute approximate surface area is 264 Å². The van der Waals surface area contributed by atoms with E-state index in [0.717, 1.165) is 14.2 Å². The van der Waals surface area contributed by atoms with Gasteiger partial charge in [0, 0.05) is 5.56 Å². The number of hydrogen-bond acceptors (Lipinski definition) is 18. The lowest BCUT2D eigenvalue weighted by Crippen LogP contribution is -2.64. The average Bonchev–Trinajstić information content (AvgIpc) is 3.05. The van der Waals surface area contributed by atoms with Gasteiger partial charge in [-0.1, -0.05) is 0 Å². The smallest absolute Gasteiger partial charge is 0.239 e. The lowest BCUT2D eigenvalue weighted by atomic mass is 9.98. The number of ether oxygens (including phenoxy) is 7. The summed E-state index contributed by atoms with van der Waals surface area (Å²) in [6.07, 6.45) is -15.6. The first-order chi connectivity index (χ1) is 22.4. The molecule has 5 rings (SSSR count). The second-order valence-corrected chi connectivity index (χ2v) is 10.6. The van der Waals surface area contributed by atoms with Gasteiger partial charge in [0.1, 0.15) is 48.1 Å². The Balaban J connectivity index is 1.65. The van der Waals surface area contributed by atoms with E-state index in [-0.39, 0.29) is 17.1 Å². The molecule has 0 amide bonds. The van der Waals surface area contributed by atoms with Gasteiger partial charge in [-0.05, 0) is 18.2 Å². The summed E-state index contributed by atoms with van der Waals surface area (Å²) < 4.78 is 43.7. The molecule has 9 N–H and O–H groups in total. The molecule has 3 aromatic rings. The molecular formula is C29H34O18. The van der Waals surface area contributed by atoms with Crippen molar-refractivity contribution in [3.05, 3.63) is 28.4 Å². The number of rotatable bonds is 9. The predicted octanol–water partition coefficient (Wildman–Crippen LogP) is -1.76. The summed E-state index contributed by atoms with van der Waals surface area (Å²) >= 11 is 0. The Morgan fingerprint density at radius 1 is 0.830 bits per heavy atom. The molecule has 0 bridgehead atoms. The van der Waals surface area contributed by atoms with E-state index < -0.39 is 119 Å². The first-order valence-electron chi connectivity index (χ1n) is 14.0. The van der Waals surface area contributed by atoms with E-state index in [0.29, 0.717) is 0 Å². The zero-order valence-electron chi connectivity index (χ0n) is 25.0. The third-order valence-electron chi connectivity index (χ3n) is 7.81. The summed E-state index contributed by atoms with van der Waals surface area (Å²) in [4.78, 5) is 14.1. The van der Waals surface area contributed by atoms with Crippen molar-refractivity contribution in [1.29, 1.82) is 0 Å². The fraction of sp³-hybridized carbons (Fsp3) is 0.483. The molecule has 0 radical (unpaired) electrons. The van der Waals surface area contributed by atoms with Crippen molar-refractivity contribution in [2.24, 2.45) is 0 Å². The van der Waals surface area contributed by atoms with Gasteiger partial charge in [-0.25, -0.2) is 0 Å². The lowest BCUT2D eigenvalue weighted by Gasteiger charge is -2.44. The first kappa shape index (κ1) is 34.2. The van der Waals surface area contributed by atoms with Crippen LogP contribution in [0.1, 0.15) is 0 Å². The molecule has 2 aliphatic rings. The number of phenols is 3. The van der Waals surface area contributed by atoms with Crippen LogP contribution < -0.4 is 24.4 Å². The zero-order valence-corrected chi connectivity index (χ0v) is 25.0. The molecule has 4 unspecified atom stereocenters. The third-order valence-corrected chi connectivity index (χ3v) is 7.81. The van der Waals surface area contributed by atoms with Gasteiger partial charge in [0.05, 0.1) is 34.5 Å². The first-order valence-corrected chi connectivity index (χ1v) is 14.0. The van der Waals surface area contributed by atoms with Gasteiger partial charge in [0.25, 0.3) is 0 Å². The Kier molecular flexibility index (Phi) is 9.87. The second-order valence-electron chi connectivity index (χ2n) is 10.6. The highest BCUT2D eigenvalue weighted by Gasteiger charge is 2.50. The molecule has 2 aliphatic heterocycles. The van der Waals surface area contributed by atoms with Gasteiger partial charge in [0.2, 0.25) is 34.7 Å². The fourth-order valence-corrected chi connectivity index (χ4v) is 5.31. The molecular weight excluding hydrogens is 636 g/mol. The van der Waals surface area contributed by atoms with Crippen molar-refractivity contribution >= 4 is 11.0 Å². The number of methoxy groups -OCH3 is 3. The highest BCUT2D eigenvalue weighted by atomic mass is 16.7. The highest BCUT2D eigenvalue weighted by molar-refractivity contribution is 5.96.